The normalized spacial score (nSPS) is 14.7. The fourth-order valence-electron chi connectivity index (χ4n) is 2.79. The van der Waals surface area contributed by atoms with Gasteiger partial charge in [-0.25, -0.2) is 0 Å². The zero-order chi connectivity index (χ0) is 16.2. The summed E-state index contributed by atoms with van der Waals surface area (Å²) in [5.41, 5.74) is 9.87. The first-order valence-electron chi connectivity index (χ1n) is 7.74. The number of nitrogens with zero attached hydrogens (tertiary/aromatic N) is 1. The molecule has 1 atom stereocenters. The van der Waals surface area contributed by atoms with Gasteiger partial charge in [-0.2, -0.15) is 12.6 Å². The molecular weight excluding hydrogens is 306 g/mol. The van der Waals surface area contributed by atoms with Gasteiger partial charge >= 0.3 is 0 Å². The number of carbonyl (C=O) groups excluding carboxylic acids is 1. The maximum absolute atomic E-state index is 12.6. The summed E-state index contributed by atoms with van der Waals surface area (Å²) < 4.78 is 0. The van der Waals surface area contributed by atoms with Gasteiger partial charge in [0.2, 0.25) is 0 Å². The van der Waals surface area contributed by atoms with Crippen molar-refractivity contribution in [2.24, 2.45) is 5.73 Å². The van der Waals surface area contributed by atoms with Crippen molar-refractivity contribution in [3.63, 3.8) is 0 Å². The molecule has 2 aromatic rings. The maximum atomic E-state index is 12.6. The molecule has 0 aliphatic carbocycles. The smallest absolute Gasteiger partial charge is 0.254 e. The van der Waals surface area contributed by atoms with Crippen LogP contribution in [0.1, 0.15) is 21.5 Å². The Bertz CT molecular complexity index is 690. The van der Waals surface area contributed by atoms with Crippen molar-refractivity contribution >= 4 is 24.2 Å². The summed E-state index contributed by atoms with van der Waals surface area (Å²) in [7, 11) is 0. The summed E-state index contributed by atoms with van der Waals surface area (Å²) in [5.74, 6) is 0.715. The summed E-state index contributed by atoms with van der Waals surface area (Å²) >= 11 is 4.20. The number of nitrogens with one attached hydrogen (secondary N) is 1. The fourth-order valence-corrected chi connectivity index (χ4v) is 2.92. The predicted molar refractivity (Wildman–Crippen MR) is 96.8 cm³/mol. The molecule has 4 nitrogen and oxygen atoms in total. The van der Waals surface area contributed by atoms with Crippen LogP contribution >= 0.6 is 12.6 Å². The second kappa shape index (κ2) is 7.06. The molecule has 2 aromatic carbocycles. The number of anilines is 1. The molecule has 120 valence electrons. The van der Waals surface area contributed by atoms with E-state index in [1.54, 1.807) is 0 Å². The van der Waals surface area contributed by atoms with Crippen LogP contribution in [0, 0.1) is 0 Å². The molecule has 3 rings (SSSR count). The van der Waals surface area contributed by atoms with Gasteiger partial charge in [0.05, 0.1) is 0 Å². The quantitative estimate of drug-likeness (QED) is 0.715. The van der Waals surface area contributed by atoms with E-state index in [-0.39, 0.29) is 11.9 Å². The second-order valence-corrected chi connectivity index (χ2v) is 6.17. The number of carbonyl (C=O) groups is 1. The Hall–Kier alpha value is -1.98. The Labute approximate surface area is 142 Å². The Morgan fingerprint density at radius 1 is 1.17 bits per heavy atom. The topological polar surface area (TPSA) is 58.4 Å². The summed E-state index contributed by atoms with van der Waals surface area (Å²) in [6.45, 7) is 1.90. The Kier molecular flexibility index (Phi) is 4.88. The van der Waals surface area contributed by atoms with Crippen molar-refractivity contribution in [1.29, 1.82) is 0 Å². The number of benzene rings is 2. The minimum atomic E-state index is -0.00767. The molecule has 3 N–H and O–H groups in total. The lowest BCUT2D eigenvalue weighted by atomic mass is 10.1. The predicted octanol–water partition coefficient (Wildman–Crippen LogP) is 2.51. The van der Waals surface area contributed by atoms with Gasteiger partial charge in [0, 0.05) is 48.2 Å². The van der Waals surface area contributed by atoms with E-state index in [0.29, 0.717) is 25.4 Å². The van der Waals surface area contributed by atoms with Gasteiger partial charge in [0.1, 0.15) is 0 Å². The third kappa shape index (κ3) is 3.51. The molecule has 0 aromatic heterocycles. The van der Waals surface area contributed by atoms with Gasteiger partial charge in [0.25, 0.3) is 5.91 Å². The number of rotatable bonds is 6. The van der Waals surface area contributed by atoms with E-state index in [2.05, 4.69) is 17.9 Å². The molecule has 1 aliphatic rings. The molecule has 0 bridgehead atoms. The van der Waals surface area contributed by atoms with Crippen LogP contribution in [0.5, 0.6) is 0 Å². The molecule has 0 radical (unpaired) electrons. The lowest BCUT2D eigenvalue weighted by Crippen LogP contribution is -2.30. The zero-order valence-electron chi connectivity index (χ0n) is 12.9. The van der Waals surface area contributed by atoms with Crippen LogP contribution in [-0.2, 0) is 13.1 Å². The standard InChI is InChI=1S/C18H21N3OS/c19-14(12-23)9-20-17-8-4-7-15-16(17)11-21(18(15)22)10-13-5-2-1-3-6-13/h1-8,14,20,23H,9-12,19H2/t14-/m1/s1. The Morgan fingerprint density at radius 3 is 2.70 bits per heavy atom. The minimum absolute atomic E-state index is 0.00767. The first-order valence-corrected chi connectivity index (χ1v) is 8.37. The fraction of sp³-hybridized carbons (Fsp3) is 0.278. The summed E-state index contributed by atoms with van der Waals surface area (Å²) in [6, 6.07) is 15.9. The van der Waals surface area contributed by atoms with E-state index in [4.69, 9.17) is 5.73 Å². The van der Waals surface area contributed by atoms with Crippen molar-refractivity contribution in [3.05, 3.63) is 65.2 Å². The molecule has 0 saturated carbocycles. The molecule has 0 fully saturated rings. The number of fused-ring (bicyclic) bond motifs is 1. The lowest BCUT2D eigenvalue weighted by Gasteiger charge is -2.16. The average molecular weight is 327 g/mol. The van der Waals surface area contributed by atoms with E-state index in [1.165, 1.54) is 0 Å². The van der Waals surface area contributed by atoms with Crippen molar-refractivity contribution in [1.82, 2.24) is 4.90 Å². The molecule has 0 unspecified atom stereocenters. The lowest BCUT2D eigenvalue weighted by molar-refractivity contribution is 0.0767. The number of amides is 1. The summed E-state index contributed by atoms with van der Waals surface area (Å²) in [5, 5.41) is 3.35. The minimum Gasteiger partial charge on any atom is -0.383 e. The monoisotopic (exact) mass is 327 g/mol. The number of hydrogen-bond acceptors (Lipinski definition) is 4. The van der Waals surface area contributed by atoms with E-state index < -0.39 is 0 Å². The van der Waals surface area contributed by atoms with E-state index in [1.807, 2.05) is 53.4 Å². The van der Waals surface area contributed by atoms with Crippen LogP contribution in [0.15, 0.2) is 48.5 Å². The van der Waals surface area contributed by atoms with Crippen LogP contribution in [0.2, 0.25) is 0 Å². The SMILES string of the molecule is N[C@@H](CS)CNc1cccc2c1CN(Cc1ccccc1)C2=O. The second-order valence-electron chi connectivity index (χ2n) is 5.80. The number of hydrogen-bond donors (Lipinski definition) is 3. The largest absolute Gasteiger partial charge is 0.383 e. The van der Waals surface area contributed by atoms with E-state index in [9.17, 15) is 4.79 Å². The Morgan fingerprint density at radius 2 is 1.96 bits per heavy atom. The highest BCUT2D eigenvalue weighted by Crippen LogP contribution is 2.30. The van der Waals surface area contributed by atoms with Crippen molar-refractivity contribution in [3.8, 4) is 0 Å². The van der Waals surface area contributed by atoms with Crippen LogP contribution in [0.3, 0.4) is 0 Å². The molecule has 0 saturated heterocycles. The highest BCUT2D eigenvalue weighted by Gasteiger charge is 2.29. The third-order valence-electron chi connectivity index (χ3n) is 4.05. The van der Waals surface area contributed by atoms with Gasteiger partial charge in [-0.05, 0) is 17.7 Å². The highest BCUT2D eigenvalue weighted by atomic mass is 32.1. The zero-order valence-corrected chi connectivity index (χ0v) is 13.8. The van der Waals surface area contributed by atoms with Crippen LogP contribution in [0.25, 0.3) is 0 Å². The van der Waals surface area contributed by atoms with E-state index in [0.717, 1.165) is 22.4 Å². The van der Waals surface area contributed by atoms with E-state index >= 15 is 0 Å². The van der Waals surface area contributed by atoms with Crippen molar-refractivity contribution in [2.75, 3.05) is 17.6 Å². The highest BCUT2D eigenvalue weighted by molar-refractivity contribution is 7.80. The molecule has 1 aliphatic heterocycles. The van der Waals surface area contributed by atoms with Gasteiger partial charge in [-0.1, -0.05) is 36.4 Å². The molecule has 1 heterocycles. The molecule has 5 heteroatoms. The van der Waals surface area contributed by atoms with Crippen LogP contribution in [-0.4, -0.2) is 29.1 Å². The van der Waals surface area contributed by atoms with Crippen LogP contribution < -0.4 is 11.1 Å². The van der Waals surface area contributed by atoms with Gasteiger partial charge in [-0.15, -0.1) is 0 Å². The van der Waals surface area contributed by atoms with Crippen molar-refractivity contribution in [2.45, 2.75) is 19.1 Å². The molecular formula is C18H21N3OS. The average Bonchev–Trinajstić information content (AvgIpc) is 2.90. The third-order valence-corrected chi connectivity index (χ3v) is 4.52. The van der Waals surface area contributed by atoms with Gasteiger partial charge < -0.3 is 16.0 Å². The van der Waals surface area contributed by atoms with Gasteiger partial charge in [0.15, 0.2) is 0 Å². The van der Waals surface area contributed by atoms with Crippen LogP contribution in [0.4, 0.5) is 5.69 Å². The molecule has 23 heavy (non-hydrogen) atoms. The molecule has 0 spiro atoms. The molecule has 1 amide bonds. The first-order chi connectivity index (χ1) is 11.2. The summed E-state index contributed by atoms with van der Waals surface area (Å²) in [4.78, 5) is 14.5. The Balaban J connectivity index is 1.76. The number of nitrogens with two attached hydrogens (primary N) is 1. The maximum Gasteiger partial charge on any atom is 0.254 e. The summed E-state index contributed by atoms with van der Waals surface area (Å²) in [6.07, 6.45) is 0. The first kappa shape index (κ1) is 15.9. The number of thiol groups is 1. The van der Waals surface area contributed by atoms with Gasteiger partial charge in [-0.3, -0.25) is 4.79 Å². The van der Waals surface area contributed by atoms with Crippen molar-refractivity contribution < 1.29 is 4.79 Å².